The van der Waals surface area contributed by atoms with E-state index in [-0.39, 0.29) is 18.2 Å². The Morgan fingerprint density at radius 3 is 2.46 bits per heavy atom. The number of carbonyl (C=O) groups is 1. The molecule has 0 unspecified atom stereocenters. The van der Waals surface area contributed by atoms with Crippen LogP contribution in [-0.4, -0.2) is 31.3 Å². The fraction of sp³-hybridized carbons (Fsp3) is 0.857. The Balaban J connectivity index is 2.32. The molecule has 0 aromatic rings. The van der Waals surface area contributed by atoms with Gasteiger partial charge >= 0.3 is 5.97 Å². The molecule has 0 heterocycles. The van der Waals surface area contributed by atoms with Gasteiger partial charge in [-0.05, 0) is 12.8 Å². The second-order valence-corrected chi connectivity index (χ2v) is 5.08. The lowest BCUT2D eigenvalue weighted by molar-refractivity contribution is -0.136. The molecule has 1 aliphatic carbocycles. The summed E-state index contributed by atoms with van der Waals surface area (Å²) in [7, 11) is -3.37. The fourth-order valence-corrected chi connectivity index (χ4v) is 2.37. The molecule has 5 nitrogen and oxygen atoms in total. The first-order valence-corrected chi connectivity index (χ1v) is 5.86. The van der Waals surface area contributed by atoms with Gasteiger partial charge in [-0.3, -0.25) is 4.79 Å². The Morgan fingerprint density at radius 1 is 1.46 bits per heavy atom. The maximum Gasteiger partial charge on any atom is 0.304 e. The molecule has 6 heteroatoms. The quantitative estimate of drug-likeness (QED) is 0.661. The summed E-state index contributed by atoms with van der Waals surface area (Å²) in [6.07, 6.45) is 2.45. The molecule has 76 valence electrons. The summed E-state index contributed by atoms with van der Waals surface area (Å²) in [5, 5.41) is 8.29. The molecule has 0 amide bonds. The van der Waals surface area contributed by atoms with Gasteiger partial charge in [-0.15, -0.1) is 0 Å². The number of hydrogen-bond donors (Lipinski definition) is 2. The topological polar surface area (TPSA) is 83.5 Å². The van der Waals surface area contributed by atoms with Crippen LogP contribution >= 0.6 is 0 Å². The Labute approximate surface area is 77.2 Å². The number of carboxylic acids is 1. The zero-order chi connectivity index (χ0) is 9.90. The summed E-state index contributed by atoms with van der Waals surface area (Å²) >= 11 is 0. The number of aliphatic carboxylic acids is 1. The Kier molecular flexibility index (Phi) is 3.27. The van der Waals surface area contributed by atoms with Crippen molar-refractivity contribution in [1.82, 2.24) is 4.72 Å². The minimum atomic E-state index is -3.37. The van der Waals surface area contributed by atoms with Crippen LogP contribution in [-0.2, 0) is 14.8 Å². The molecule has 0 aromatic carbocycles. The molecule has 13 heavy (non-hydrogen) atoms. The van der Waals surface area contributed by atoms with Gasteiger partial charge in [0.15, 0.2) is 0 Å². The second-order valence-electron chi connectivity index (χ2n) is 3.21. The van der Waals surface area contributed by atoms with Crippen LogP contribution < -0.4 is 4.72 Å². The molecule has 0 aliphatic heterocycles. The van der Waals surface area contributed by atoms with E-state index in [0.717, 1.165) is 19.3 Å². The maximum atomic E-state index is 11.2. The van der Waals surface area contributed by atoms with Crippen LogP contribution in [0.25, 0.3) is 0 Å². The molecule has 0 spiro atoms. The predicted molar refractivity (Wildman–Crippen MR) is 46.8 cm³/mol. The molecule has 1 saturated carbocycles. The molecule has 1 aliphatic rings. The van der Waals surface area contributed by atoms with Crippen molar-refractivity contribution in [3.05, 3.63) is 0 Å². The highest BCUT2D eigenvalue weighted by molar-refractivity contribution is 7.89. The van der Waals surface area contributed by atoms with Crippen molar-refractivity contribution in [2.75, 3.05) is 5.75 Å². The van der Waals surface area contributed by atoms with Gasteiger partial charge in [0.05, 0.1) is 12.2 Å². The van der Waals surface area contributed by atoms with Gasteiger partial charge < -0.3 is 5.11 Å². The number of sulfonamides is 1. The molecule has 2 N–H and O–H groups in total. The molecule has 0 atom stereocenters. The molecule has 0 aromatic heterocycles. The van der Waals surface area contributed by atoms with Crippen LogP contribution in [0.2, 0.25) is 0 Å². The SMILES string of the molecule is O=C(O)CCS(=O)(=O)NC1CCC1. The molecule has 1 fully saturated rings. The van der Waals surface area contributed by atoms with E-state index in [4.69, 9.17) is 5.11 Å². The molecule has 1 rings (SSSR count). The minimum absolute atomic E-state index is 0.0406. The largest absolute Gasteiger partial charge is 0.481 e. The van der Waals surface area contributed by atoms with Crippen molar-refractivity contribution < 1.29 is 18.3 Å². The number of hydrogen-bond acceptors (Lipinski definition) is 3. The molecule has 0 saturated heterocycles. The van der Waals surface area contributed by atoms with Crippen LogP contribution in [0.5, 0.6) is 0 Å². The van der Waals surface area contributed by atoms with E-state index in [1.165, 1.54) is 0 Å². The first kappa shape index (κ1) is 10.5. The highest BCUT2D eigenvalue weighted by atomic mass is 32.2. The van der Waals surface area contributed by atoms with E-state index in [2.05, 4.69) is 4.72 Å². The van der Waals surface area contributed by atoms with E-state index >= 15 is 0 Å². The van der Waals surface area contributed by atoms with Crippen molar-refractivity contribution in [2.45, 2.75) is 31.7 Å². The number of carboxylic acid groups (broad SMARTS) is 1. The lowest BCUT2D eigenvalue weighted by Crippen LogP contribution is -2.40. The number of nitrogens with one attached hydrogen (secondary N) is 1. The second kappa shape index (κ2) is 4.06. The Bertz CT molecular complexity index is 281. The van der Waals surface area contributed by atoms with Crippen LogP contribution in [0.4, 0.5) is 0 Å². The van der Waals surface area contributed by atoms with E-state index < -0.39 is 16.0 Å². The van der Waals surface area contributed by atoms with Crippen molar-refractivity contribution in [2.24, 2.45) is 0 Å². The predicted octanol–water partition coefficient (Wildman–Crippen LogP) is -0.0670. The van der Waals surface area contributed by atoms with Crippen molar-refractivity contribution >= 4 is 16.0 Å². The van der Waals surface area contributed by atoms with Crippen LogP contribution in [0, 0.1) is 0 Å². The Hall–Kier alpha value is -0.620. The zero-order valence-corrected chi connectivity index (χ0v) is 8.01. The highest BCUT2D eigenvalue weighted by Crippen LogP contribution is 2.18. The highest BCUT2D eigenvalue weighted by Gasteiger charge is 2.23. The van der Waals surface area contributed by atoms with Gasteiger partial charge in [0.1, 0.15) is 0 Å². The van der Waals surface area contributed by atoms with Crippen molar-refractivity contribution in [3.8, 4) is 0 Å². The minimum Gasteiger partial charge on any atom is -0.481 e. The maximum absolute atomic E-state index is 11.2. The summed E-state index contributed by atoms with van der Waals surface area (Å²) in [5.74, 6) is -1.40. The molecule has 0 bridgehead atoms. The third-order valence-corrected chi connectivity index (χ3v) is 3.47. The van der Waals surface area contributed by atoms with Gasteiger partial charge in [-0.1, -0.05) is 6.42 Å². The van der Waals surface area contributed by atoms with Gasteiger partial charge in [-0.2, -0.15) is 0 Å². The van der Waals surface area contributed by atoms with Crippen molar-refractivity contribution in [3.63, 3.8) is 0 Å². The van der Waals surface area contributed by atoms with E-state index in [1.54, 1.807) is 0 Å². The molecule has 0 radical (unpaired) electrons. The van der Waals surface area contributed by atoms with Gasteiger partial charge in [-0.25, -0.2) is 13.1 Å². The fourth-order valence-electron chi connectivity index (χ4n) is 1.06. The van der Waals surface area contributed by atoms with Crippen molar-refractivity contribution in [1.29, 1.82) is 0 Å². The van der Waals surface area contributed by atoms with Crippen LogP contribution in [0.1, 0.15) is 25.7 Å². The smallest absolute Gasteiger partial charge is 0.304 e. The summed E-state index contributed by atoms with van der Waals surface area (Å²) in [6, 6.07) is 0.0406. The summed E-state index contributed by atoms with van der Waals surface area (Å²) < 4.78 is 24.8. The van der Waals surface area contributed by atoms with Gasteiger partial charge in [0.25, 0.3) is 0 Å². The van der Waals surface area contributed by atoms with E-state index in [1.807, 2.05) is 0 Å². The van der Waals surface area contributed by atoms with Gasteiger partial charge in [0, 0.05) is 6.04 Å². The lowest BCUT2D eigenvalue weighted by atomic mass is 9.94. The molecular formula is C7H13NO4S. The lowest BCUT2D eigenvalue weighted by Gasteiger charge is -2.25. The molecular weight excluding hydrogens is 194 g/mol. The monoisotopic (exact) mass is 207 g/mol. The first-order valence-electron chi connectivity index (χ1n) is 4.21. The zero-order valence-electron chi connectivity index (χ0n) is 7.19. The number of rotatable bonds is 5. The first-order chi connectivity index (χ1) is 5.99. The summed E-state index contributed by atoms with van der Waals surface area (Å²) in [4.78, 5) is 10.1. The summed E-state index contributed by atoms with van der Waals surface area (Å²) in [6.45, 7) is 0. The average molecular weight is 207 g/mol. The Morgan fingerprint density at radius 2 is 2.08 bits per heavy atom. The normalized spacial score (nSPS) is 18.2. The average Bonchev–Trinajstić information content (AvgIpc) is 1.94. The van der Waals surface area contributed by atoms with Gasteiger partial charge in [0.2, 0.25) is 10.0 Å². The van der Waals surface area contributed by atoms with Crippen LogP contribution in [0.15, 0.2) is 0 Å². The van der Waals surface area contributed by atoms with Crippen LogP contribution in [0.3, 0.4) is 0 Å². The third-order valence-electron chi connectivity index (χ3n) is 2.04. The van der Waals surface area contributed by atoms with E-state index in [9.17, 15) is 13.2 Å². The summed E-state index contributed by atoms with van der Waals surface area (Å²) in [5.41, 5.74) is 0. The van der Waals surface area contributed by atoms with E-state index in [0.29, 0.717) is 0 Å². The standard InChI is InChI=1S/C7H13NO4S/c9-7(10)4-5-13(11,12)8-6-2-1-3-6/h6,8H,1-5H2,(H,9,10). The third kappa shape index (κ3) is 3.73.